The van der Waals surface area contributed by atoms with E-state index in [0.717, 1.165) is 17.6 Å². The van der Waals surface area contributed by atoms with E-state index < -0.39 is 5.97 Å². The van der Waals surface area contributed by atoms with Gasteiger partial charge in [0.1, 0.15) is 5.52 Å². The van der Waals surface area contributed by atoms with E-state index >= 15 is 0 Å². The van der Waals surface area contributed by atoms with Crippen LogP contribution in [0.3, 0.4) is 0 Å². The highest BCUT2D eigenvalue weighted by Gasteiger charge is 2.14. The lowest BCUT2D eigenvalue weighted by Gasteiger charge is -2.20. The molecule has 0 radical (unpaired) electrons. The summed E-state index contributed by atoms with van der Waals surface area (Å²) in [4.78, 5) is 19.1. The lowest BCUT2D eigenvalue weighted by Crippen LogP contribution is -2.35. The molecule has 0 aliphatic carbocycles. The number of para-hydroxylation sites is 2. The summed E-state index contributed by atoms with van der Waals surface area (Å²) in [6.45, 7) is 1.81. The summed E-state index contributed by atoms with van der Waals surface area (Å²) in [5.74, 6) is -0.300. The maximum atomic E-state index is 10.9. The van der Waals surface area contributed by atoms with Crippen LogP contribution in [0.1, 0.15) is 5.89 Å². The highest BCUT2D eigenvalue weighted by atomic mass is 16.4. The molecule has 1 heterocycles. The minimum atomic E-state index is -0.847. The standard InChI is InChI=1S/C14H19N3O3/c1-16(2)7-8-17(10-14(18)19)9-13-15-11-5-3-4-6-12(11)20-13/h3-6H,7-10H2,1-2H3,(H,18,19). The first-order chi connectivity index (χ1) is 9.54. The molecule has 2 aromatic rings. The Labute approximate surface area is 117 Å². The van der Waals surface area contributed by atoms with Crippen LogP contribution in [0.25, 0.3) is 11.1 Å². The lowest BCUT2D eigenvalue weighted by atomic mass is 10.3. The number of carboxylic acid groups (broad SMARTS) is 1. The molecule has 0 saturated carbocycles. The van der Waals surface area contributed by atoms with E-state index in [1.54, 1.807) is 0 Å². The van der Waals surface area contributed by atoms with Crippen LogP contribution in [0.5, 0.6) is 0 Å². The Morgan fingerprint density at radius 3 is 2.70 bits per heavy atom. The fraction of sp³-hybridized carbons (Fsp3) is 0.429. The molecule has 2 rings (SSSR count). The molecule has 0 amide bonds. The number of fused-ring (bicyclic) bond motifs is 1. The number of oxazole rings is 1. The SMILES string of the molecule is CN(C)CCN(CC(=O)O)Cc1nc2ccccc2o1. The molecule has 108 valence electrons. The molecular weight excluding hydrogens is 258 g/mol. The topological polar surface area (TPSA) is 69.8 Å². The van der Waals surface area contributed by atoms with Gasteiger partial charge in [0.05, 0.1) is 13.1 Å². The third-order valence-electron chi connectivity index (χ3n) is 2.92. The zero-order valence-corrected chi connectivity index (χ0v) is 11.7. The molecule has 6 heteroatoms. The number of hydrogen-bond acceptors (Lipinski definition) is 5. The van der Waals surface area contributed by atoms with Crippen molar-refractivity contribution in [3.05, 3.63) is 30.2 Å². The van der Waals surface area contributed by atoms with Crippen molar-refractivity contribution in [1.29, 1.82) is 0 Å². The van der Waals surface area contributed by atoms with E-state index in [9.17, 15) is 4.79 Å². The van der Waals surface area contributed by atoms with Gasteiger partial charge in [0.15, 0.2) is 5.58 Å². The van der Waals surface area contributed by atoms with Gasteiger partial charge in [-0.15, -0.1) is 0 Å². The second-order valence-electron chi connectivity index (χ2n) is 4.98. The zero-order chi connectivity index (χ0) is 14.5. The highest BCUT2D eigenvalue weighted by Crippen LogP contribution is 2.15. The molecule has 0 fully saturated rings. The van der Waals surface area contributed by atoms with Crippen LogP contribution in [-0.2, 0) is 11.3 Å². The van der Waals surface area contributed by atoms with Crippen LogP contribution in [-0.4, -0.2) is 59.6 Å². The third kappa shape index (κ3) is 4.04. The summed E-state index contributed by atoms with van der Waals surface area (Å²) in [5, 5.41) is 8.96. The Morgan fingerprint density at radius 2 is 2.05 bits per heavy atom. The van der Waals surface area contributed by atoms with Gasteiger partial charge in [0, 0.05) is 13.1 Å². The minimum absolute atomic E-state index is 0.0213. The number of aliphatic carboxylic acids is 1. The molecule has 0 unspecified atom stereocenters. The van der Waals surface area contributed by atoms with Gasteiger partial charge in [-0.3, -0.25) is 9.69 Å². The van der Waals surface area contributed by atoms with Crippen molar-refractivity contribution >= 4 is 17.1 Å². The summed E-state index contributed by atoms with van der Waals surface area (Å²) in [7, 11) is 3.91. The maximum absolute atomic E-state index is 10.9. The van der Waals surface area contributed by atoms with Gasteiger partial charge >= 0.3 is 5.97 Å². The molecule has 0 aliphatic heterocycles. The number of nitrogens with zero attached hydrogens (tertiary/aromatic N) is 3. The molecule has 0 saturated heterocycles. The average Bonchev–Trinajstić information content (AvgIpc) is 2.77. The Hall–Kier alpha value is -1.92. The van der Waals surface area contributed by atoms with Crippen molar-refractivity contribution < 1.29 is 14.3 Å². The molecule has 0 atom stereocenters. The van der Waals surface area contributed by atoms with E-state index in [1.807, 2.05) is 48.2 Å². The smallest absolute Gasteiger partial charge is 0.317 e. The van der Waals surface area contributed by atoms with Crippen molar-refractivity contribution in [2.45, 2.75) is 6.54 Å². The summed E-state index contributed by atoms with van der Waals surface area (Å²) >= 11 is 0. The molecule has 1 N–H and O–H groups in total. The van der Waals surface area contributed by atoms with Gasteiger partial charge < -0.3 is 14.4 Å². The van der Waals surface area contributed by atoms with Crippen molar-refractivity contribution in [2.24, 2.45) is 0 Å². The largest absolute Gasteiger partial charge is 0.480 e. The normalized spacial score (nSPS) is 11.6. The predicted octanol–water partition coefficient (Wildman–Crippen LogP) is 1.28. The maximum Gasteiger partial charge on any atom is 0.317 e. The van der Waals surface area contributed by atoms with Gasteiger partial charge in [-0.1, -0.05) is 12.1 Å². The quantitative estimate of drug-likeness (QED) is 0.822. The van der Waals surface area contributed by atoms with Gasteiger partial charge in [-0.05, 0) is 26.2 Å². The molecule has 20 heavy (non-hydrogen) atoms. The van der Waals surface area contributed by atoms with Crippen LogP contribution in [0.4, 0.5) is 0 Å². The first-order valence-electron chi connectivity index (χ1n) is 6.48. The van der Waals surface area contributed by atoms with Crippen LogP contribution in [0, 0.1) is 0 Å². The molecule has 0 bridgehead atoms. The number of likely N-dealkylation sites (N-methyl/N-ethyl adjacent to an activating group) is 1. The fourth-order valence-electron chi connectivity index (χ4n) is 1.93. The molecular formula is C14H19N3O3. The average molecular weight is 277 g/mol. The van der Waals surface area contributed by atoms with Crippen molar-refractivity contribution in [1.82, 2.24) is 14.8 Å². The number of rotatable bonds is 7. The summed E-state index contributed by atoms with van der Waals surface area (Å²) < 4.78 is 5.63. The molecule has 0 spiro atoms. The Bertz CT molecular complexity index is 547. The first kappa shape index (κ1) is 14.5. The molecule has 6 nitrogen and oxygen atoms in total. The zero-order valence-electron chi connectivity index (χ0n) is 11.7. The second-order valence-corrected chi connectivity index (χ2v) is 4.98. The van der Waals surface area contributed by atoms with Crippen molar-refractivity contribution in [3.8, 4) is 0 Å². The van der Waals surface area contributed by atoms with Crippen LogP contribution >= 0.6 is 0 Å². The van der Waals surface area contributed by atoms with E-state index in [-0.39, 0.29) is 6.54 Å². The van der Waals surface area contributed by atoms with Gasteiger partial charge in [0.25, 0.3) is 0 Å². The fourth-order valence-corrected chi connectivity index (χ4v) is 1.93. The Kier molecular flexibility index (Phi) is 4.70. The number of benzene rings is 1. The van der Waals surface area contributed by atoms with Crippen LogP contribution in [0.15, 0.2) is 28.7 Å². The lowest BCUT2D eigenvalue weighted by molar-refractivity contribution is -0.138. The predicted molar refractivity (Wildman–Crippen MR) is 75.5 cm³/mol. The second kappa shape index (κ2) is 6.49. The van der Waals surface area contributed by atoms with Crippen LogP contribution < -0.4 is 0 Å². The van der Waals surface area contributed by atoms with Gasteiger partial charge in [0.2, 0.25) is 5.89 Å². The number of hydrogen-bond donors (Lipinski definition) is 1. The van der Waals surface area contributed by atoms with Crippen molar-refractivity contribution in [3.63, 3.8) is 0 Å². The Balaban J connectivity index is 2.07. The highest BCUT2D eigenvalue weighted by molar-refractivity contribution is 5.72. The van der Waals surface area contributed by atoms with E-state index in [0.29, 0.717) is 19.0 Å². The van der Waals surface area contributed by atoms with Gasteiger partial charge in [-0.25, -0.2) is 4.98 Å². The molecule has 0 aliphatic rings. The monoisotopic (exact) mass is 277 g/mol. The summed E-state index contributed by atoms with van der Waals surface area (Å²) in [6, 6.07) is 7.52. The van der Waals surface area contributed by atoms with E-state index in [4.69, 9.17) is 9.52 Å². The Morgan fingerprint density at radius 1 is 1.30 bits per heavy atom. The van der Waals surface area contributed by atoms with E-state index in [2.05, 4.69) is 4.98 Å². The molecule has 1 aromatic heterocycles. The summed E-state index contributed by atoms with van der Waals surface area (Å²) in [6.07, 6.45) is 0. The van der Waals surface area contributed by atoms with Crippen molar-refractivity contribution in [2.75, 3.05) is 33.7 Å². The summed E-state index contributed by atoms with van der Waals surface area (Å²) in [5.41, 5.74) is 1.52. The molecule has 1 aromatic carbocycles. The van der Waals surface area contributed by atoms with E-state index in [1.165, 1.54) is 0 Å². The first-order valence-corrected chi connectivity index (χ1v) is 6.48. The number of carbonyl (C=O) groups is 1. The van der Waals surface area contributed by atoms with Crippen LogP contribution in [0.2, 0.25) is 0 Å². The minimum Gasteiger partial charge on any atom is -0.480 e. The third-order valence-corrected chi connectivity index (χ3v) is 2.92. The van der Waals surface area contributed by atoms with Gasteiger partial charge in [-0.2, -0.15) is 0 Å². The number of aromatic nitrogens is 1. The number of carboxylic acids is 1.